The van der Waals surface area contributed by atoms with Crippen molar-refractivity contribution in [3.05, 3.63) is 51.4 Å². The third-order valence-corrected chi connectivity index (χ3v) is 6.25. The molecule has 0 aliphatic carbocycles. The molecule has 1 saturated heterocycles. The van der Waals surface area contributed by atoms with Gasteiger partial charge in [-0.15, -0.1) is 11.3 Å². The molecule has 1 aromatic carbocycles. The van der Waals surface area contributed by atoms with Crippen molar-refractivity contribution in [3.8, 4) is 11.1 Å². The van der Waals surface area contributed by atoms with Crippen LogP contribution in [0.4, 0.5) is 0 Å². The number of quaternary nitrogens is 1. The smallest absolute Gasteiger partial charge is 0.260 e. The third-order valence-electron chi connectivity index (χ3n) is 5.25. The van der Waals surface area contributed by atoms with E-state index in [4.69, 9.17) is 4.98 Å². The largest absolute Gasteiger partial charge is 0.329 e. The van der Waals surface area contributed by atoms with Gasteiger partial charge < -0.3 is 9.88 Å². The first-order valence-electron chi connectivity index (χ1n) is 9.03. The molecule has 4 rings (SSSR count). The van der Waals surface area contributed by atoms with Crippen LogP contribution in [-0.2, 0) is 6.54 Å². The van der Waals surface area contributed by atoms with Gasteiger partial charge in [-0.2, -0.15) is 0 Å². The number of nitrogens with zero attached hydrogens (tertiary/aromatic N) is 1. The van der Waals surface area contributed by atoms with Crippen LogP contribution < -0.4 is 10.5 Å². The summed E-state index contributed by atoms with van der Waals surface area (Å²) in [5, 5.41) is 0.736. The van der Waals surface area contributed by atoms with Gasteiger partial charge in [0.1, 0.15) is 11.4 Å². The highest BCUT2D eigenvalue weighted by molar-refractivity contribution is 7.19. The Labute approximate surface area is 151 Å². The Kier molecular flexibility index (Phi) is 4.44. The normalized spacial score (nSPS) is 20.9. The lowest BCUT2D eigenvalue weighted by atomic mass is 9.99. The number of fused-ring (bicyclic) bond motifs is 1. The molecule has 25 heavy (non-hydrogen) atoms. The zero-order valence-electron chi connectivity index (χ0n) is 14.8. The van der Waals surface area contributed by atoms with Crippen LogP contribution >= 0.6 is 11.3 Å². The Morgan fingerprint density at radius 3 is 2.68 bits per heavy atom. The molecule has 2 aromatic heterocycles. The van der Waals surface area contributed by atoms with E-state index in [9.17, 15) is 4.79 Å². The topological polar surface area (TPSA) is 50.2 Å². The fourth-order valence-electron chi connectivity index (χ4n) is 3.78. The lowest BCUT2D eigenvalue weighted by Gasteiger charge is -2.26. The molecular formula is C20H24N3OS+. The first-order chi connectivity index (χ1) is 12.1. The number of likely N-dealkylation sites (tertiary alicyclic amines) is 1. The summed E-state index contributed by atoms with van der Waals surface area (Å²) in [4.78, 5) is 24.2. The van der Waals surface area contributed by atoms with Crippen LogP contribution in [0.2, 0.25) is 0 Å². The van der Waals surface area contributed by atoms with Gasteiger partial charge in [-0.3, -0.25) is 4.79 Å². The Morgan fingerprint density at radius 1 is 1.24 bits per heavy atom. The molecule has 0 spiro atoms. The predicted octanol–water partition coefficient (Wildman–Crippen LogP) is 2.77. The van der Waals surface area contributed by atoms with E-state index >= 15 is 0 Å². The molecule has 3 aromatic rings. The van der Waals surface area contributed by atoms with E-state index in [-0.39, 0.29) is 5.56 Å². The number of aryl methyl sites for hydroxylation is 1. The van der Waals surface area contributed by atoms with Crippen molar-refractivity contribution in [3.63, 3.8) is 0 Å². The first kappa shape index (κ1) is 16.5. The fraction of sp³-hybridized carbons (Fsp3) is 0.400. The number of aromatic nitrogens is 2. The zero-order valence-corrected chi connectivity index (χ0v) is 15.6. The van der Waals surface area contributed by atoms with Crippen molar-refractivity contribution in [2.24, 2.45) is 5.92 Å². The molecule has 1 fully saturated rings. The lowest BCUT2D eigenvalue weighted by molar-refractivity contribution is -0.920. The van der Waals surface area contributed by atoms with Crippen molar-refractivity contribution in [2.75, 3.05) is 13.1 Å². The first-order valence-corrected chi connectivity index (χ1v) is 9.84. The summed E-state index contributed by atoms with van der Waals surface area (Å²) >= 11 is 1.62. The molecule has 5 heteroatoms. The number of benzene rings is 1. The minimum atomic E-state index is -0.00650. The molecule has 0 radical (unpaired) electrons. The van der Waals surface area contributed by atoms with Crippen LogP contribution in [0.1, 0.15) is 30.5 Å². The van der Waals surface area contributed by atoms with Crippen LogP contribution in [0, 0.1) is 12.8 Å². The number of hydrogen-bond donors (Lipinski definition) is 2. The number of aromatic amines is 1. The fourth-order valence-corrected chi connectivity index (χ4v) is 4.85. The summed E-state index contributed by atoms with van der Waals surface area (Å²) in [7, 11) is 0. The van der Waals surface area contributed by atoms with E-state index in [0.29, 0.717) is 0 Å². The van der Waals surface area contributed by atoms with Gasteiger partial charge in [0, 0.05) is 10.4 Å². The SMILES string of the molecule is Cc1sc2nc(C[NH+]3CCC(C)CC3)[nH]c(=O)c2c1-c1ccccc1. The summed E-state index contributed by atoms with van der Waals surface area (Å²) in [5.74, 6) is 1.65. The number of hydrogen-bond acceptors (Lipinski definition) is 3. The highest BCUT2D eigenvalue weighted by Crippen LogP contribution is 2.35. The van der Waals surface area contributed by atoms with E-state index < -0.39 is 0 Å². The number of nitrogens with one attached hydrogen (secondary N) is 2. The van der Waals surface area contributed by atoms with Crippen molar-refractivity contribution in [2.45, 2.75) is 33.2 Å². The van der Waals surface area contributed by atoms with Crippen molar-refractivity contribution < 1.29 is 4.90 Å². The lowest BCUT2D eigenvalue weighted by Crippen LogP contribution is -3.11. The number of rotatable bonds is 3. The maximum Gasteiger partial charge on any atom is 0.260 e. The summed E-state index contributed by atoms with van der Waals surface area (Å²) in [5.41, 5.74) is 2.11. The van der Waals surface area contributed by atoms with Crippen LogP contribution in [0.15, 0.2) is 35.1 Å². The number of H-pyrrole nitrogens is 1. The van der Waals surface area contributed by atoms with Gasteiger partial charge in [-0.05, 0) is 31.2 Å². The van der Waals surface area contributed by atoms with Gasteiger partial charge in [0.25, 0.3) is 5.56 Å². The second kappa shape index (κ2) is 6.73. The maximum atomic E-state index is 12.8. The van der Waals surface area contributed by atoms with Gasteiger partial charge in [0.15, 0.2) is 5.82 Å². The van der Waals surface area contributed by atoms with E-state index in [2.05, 4.69) is 31.0 Å². The van der Waals surface area contributed by atoms with Gasteiger partial charge in [0.05, 0.1) is 18.5 Å². The van der Waals surface area contributed by atoms with Gasteiger partial charge in [0.2, 0.25) is 0 Å². The molecule has 0 unspecified atom stereocenters. The molecule has 0 bridgehead atoms. The zero-order chi connectivity index (χ0) is 17.4. The minimum absolute atomic E-state index is 0.00650. The average molecular weight is 354 g/mol. The van der Waals surface area contributed by atoms with E-state index in [1.54, 1.807) is 11.3 Å². The van der Waals surface area contributed by atoms with Crippen LogP contribution in [-0.4, -0.2) is 23.1 Å². The number of piperidine rings is 1. The van der Waals surface area contributed by atoms with Crippen molar-refractivity contribution in [1.82, 2.24) is 9.97 Å². The van der Waals surface area contributed by atoms with Crippen molar-refractivity contribution in [1.29, 1.82) is 0 Å². The quantitative estimate of drug-likeness (QED) is 0.760. The van der Waals surface area contributed by atoms with E-state index in [1.165, 1.54) is 30.8 Å². The summed E-state index contributed by atoms with van der Waals surface area (Å²) < 4.78 is 0. The third kappa shape index (κ3) is 3.26. The van der Waals surface area contributed by atoms with Gasteiger partial charge >= 0.3 is 0 Å². The summed E-state index contributed by atoms with van der Waals surface area (Å²) in [6.07, 6.45) is 2.52. The molecule has 1 aliphatic rings. The average Bonchev–Trinajstić information content (AvgIpc) is 2.94. The van der Waals surface area contributed by atoms with E-state index in [1.807, 2.05) is 18.2 Å². The maximum absolute atomic E-state index is 12.8. The Hall–Kier alpha value is -1.98. The number of thiophene rings is 1. The minimum Gasteiger partial charge on any atom is -0.329 e. The Bertz CT molecular complexity index is 937. The molecule has 0 atom stereocenters. The molecule has 0 saturated carbocycles. The molecule has 4 nitrogen and oxygen atoms in total. The van der Waals surface area contributed by atoms with Crippen LogP contribution in [0.3, 0.4) is 0 Å². The molecule has 2 N–H and O–H groups in total. The Morgan fingerprint density at radius 2 is 1.96 bits per heavy atom. The molecule has 3 heterocycles. The molecule has 0 amide bonds. The monoisotopic (exact) mass is 354 g/mol. The highest BCUT2D eigenvalue weighted by Gasteiger charge is 2.21. The predicted molar refractivity (Wildman–Crippen MR) is 103 cm³/mol. The standard InChI is InChI=1S/C20H23N3OS/c1-13-8-10-23(11-9-13)12-16-21-19(24)18-17(14(2)25-20(18)22-16)15-6-4-3-5-7-15/h3-7,13H,8-12H2,1-2H3,(H,21,22,24)/p+1. The highest BCUT2D eigenvalue weighted by atomic mass is 32.1. The summed E-state index contributed by atoms with van der Waals surface area (Å²) in [6.45, 7) is 7.55. The Balaban J connectivity index is 1.71. The molecule has 1 aliphatic heterocycles. The second-order valence-corrected chi connectivity index (χ2v) is 8.40. The molecule has 130 valence electrons. The van der Waals surface area contributed by atoms with E-state index in [0.717, 1.165) is 44.5 Å². The van der Waals surface area contributed by atoms with Gasteiger partial charge in [-0.1, -0.05) is 37.3 Å². The second-order valence-electron chi connectivity index (χ2n) is 7.20. The van der Waals surface area contributed by atoms with Crippen LogP contribution in [0.5, 0.6) is 0 Å². The molecular weight excluding hydrogens is 330 g/mol. The van der Waals surface area contributed by atoms with Crippen molar-refractivity contribution >= 4 is 21.6 Å². The summed E-state index contributed by atoms with van der Waals surface area (Å²) in [6, 6.07) is 10.1. The van der Waals surface area contributed by atoms with Gasteiger partial charge in [-0.25, -0.2) is 4.98 Å². The van der Waals surface area contributed by atoms with Crippen LogP contribution in [0.25, 0.3) is 21.3 Å².